The van der Waals surface area contributed by atoms with E-state index in [1.807, 2.05) is 0 Å². The molecule has 0 radical (unpaired) electrons. The Balaban J connectivity index is 0.00000256. The summed E-state index contributed by atoms with van der Waals surface area (Å²) in [4.78, 5) is 10.3. The number of rotatable bonds is 6. The molecule has 1 N–H and O–H groups in total. The summed E-state index contributed by atoms with van der Waals surface area (Å²) in [6.07, 6.45) is 2.94. The Kier molecular flexibility index (Phi) is 7.80. The van der Waals surface area contributed by atoms with E-state index < -0.39 is 5.97 Å². The van der Waals surface area contributed by atoms with Crippen LogP contribution in [0.2, 0.25) is 0 Å². The van der Waals surface area contributed by atoms with Crippen LogP contribution in [0.4, 0.5) is 4.39 Å². The fraction of sp³-hybridized carbons (Fsp3) is 0.250. The van der Waals surface area contributed by atoms with Gasteiger partial charge in [-0.15, -0.1) is 12.4 Å². The molecule has 0 saturated carbocycles. The van der Waals surface area contributed by atoms with Gasteiger partial charge in [-0.05, 0) is 23.8 Å². The smallest absolute Gasteiger partial charge is 0.328 e. The topological polar surface area (TPSA) is 46.5 Å². The van der Waals surface area contributed by atoms with Crippen LogP contribution < -0.4 is 4.74 Å². The van der Waals surface area contributed by atoms with Crippen LogP contribution in [0.25, 0.3) is 6.08 Å². The molecule has 0 spiro atoms. The number of benzene rings is 1. The number of halogens is 2. The van der Waals surface area contributed by atoms with Gasteiger partial charge in [-0.3, -0.25) is 4.39 Å². The number of carbonyl (C=O) groups is 1. The standard InChI is InChI=1S/C12H13FO3.ClH/c13-8-1-9-16-11-5-2-10(3-6-11)4-7-12(14)15;/h2-7H,1,8-9H2,(H,14,15);1H. The second kappa shape index (κ2) is 8.58. The fourth-order valence-electron chi connectivity index (χ4n) is 1.09. The normalized spacial score (nSPS) is 9.94. The molecule has 0 heterocycles. The van der Waals surface area contributed by atoms with E-state index in [9.17, 15) is 9.18 Å². The van der Waals surface area contributed by atoms with E-state index in [0.717, 1.165) is 11.6 Å². The number of carboxylic acids is 1. The van der Waals surface area contributed by atoms with Crippen molar-refractivity contribution in [1.82, 2.24) is 0 Å². The Hall–Kier alpha value is -1.55. The molecule has 0 atom stereocenters. The number of alkyl halides is 1. The Morgan fingerprint density at radius 2 is 2.00 bits per heavy atom. The molecule has 5 heteroatoms. The zero-order chi connectivity index (χ0) is 11.8. The maximum Gasteiger partial charge on any atom is 0.328 e. The molecule has 0 aromatic heterocycles. The highest BCUT2D eigenvalue weighted by Crippen LogP contribution is 2.13. The summed E-state index contributed by atoms with van der Waals surface area (Å²) in [5.41, 5.74) is 0.778. The van der Waals surface area contributed by atoms with Crippen molar-refractivity contribution >= 4 is 24.5 Å². The lowest BCUT2D eigenvalue weighted by Crippen LogP contribution is -1.97. The Bertz CT molecular complexity index is 363. The molecule has 1 rings (SSSR count). The molecule has 0 amide bonds. The van der Waals surface area contributed by atoms with Crippen LogP contribution in [-0.4, -0.2) is 24.4 Å². The molecule has 1 aromatic rings. The SMILES string of the molecule is Cl.O=C(O)C=Cc1ccc(OCCCF)cc1. The van der Waals surface area contributed by atoms with Gasteiger partial charge in [-0.2, -0.15) is 0 Å². The molecule has 0 saturated heterocycles. The van der Waals surface area contributed by atoms with Crippen molar-refractivity contribution in [2.24, 2.45) is 0 Å². The maximum atomic E-state index is 11.8. The van der Waals surface area contributed by atoms with E-state index >= 15 is 0 Å². The number of ether oxygens (including phenoxy) is 1. The largest absolute Gasteiger partial charge is 0.493 e. The van der Waals surface area contributed by atoms with Gasteiger partial charge in [-0.25, -0.2) is 4.79 Å². The van der Waals surface area contributed by atoms with Crippen molar-refractivity contribution in [3.63, 3.8) is 0 Å². The highest BCUT2D eigenvalue weighted by molar-refractivity contribution is 5.85. The first-order valence-electron chi connectivity index (χ1n) is 4.92. The average Bonchev–Trinajstić information content (AvgIpc) is 2.28. The Morgan fingerprint density at radius 3 is 2.53 bits per heavy atom. The minimum atomic E-state index is -0.983. The average molecular weight is 261 g/mol. The van der Waals surface area contributed by atoms with Gasteiger partial charge in [0.05, 0.1) is 13.3 Å². The van der Waals surface area contributed by atoms with Gasteiger partial charge in [0, 0.05) is 12.5 Å². The summed E-state index contributed by atoms with van der Waals surface area (Å²) in [6.45, 7) is -0.0414. The first kappa shape index (κ1) is 15.4. The first-order chi connectivity index (χ1) is 7.72. The van der Waals surface area contributed by atoms with E-state index in [1.54, 1.807) is 24.3 Å². The van der Waals surface area contributed by atoms with Gasteiger partial charge < -0.3 is 9.84 Å². The number of hydrogen-bond acceptors (Lipinski definition) is 2. The van der Waals surface area contributed by atoms with Gasteiger partial charge >= 0.3 is 5.97 Å². The van der Waals surface area contributed by atoms with Crippen molar-refractivity contribution in [1.29, 1.82) is 0 Å². The first-order valence-corrected chi connectivity index (χ1v) is 4.92. The van der Waals surface area contributed by atoms with Crippen molar-refractivity contribution in [2.45, 2.75) is 6.42 Å². The Morgan fingerprint density at radius 1 is 1.35 bits per heavy atom. The summed E-state index contributed by atoms with van der Waals surface area (Å²) >= 11 is 0. The summed E-state index contributed by atoms with van der Waals surface area (Å²) in [5, 5.41) is 8.43. The lowest BCUT2D eigenvalue weighted by Gasteiger charge is -2.04. The van der Waals surface area contributed by atoms with Gasteiger partial charge in [0.15, 0.2) is 0 Å². The van der Waals surface area contributed by atoms with Crippen LogP contribution >= 0.6 is 12.4 Å². The molecule has 0 aliphatic heterocycles. The second-order valence-electron chi connectivity index (χ2n) is 3.13. The quantitative estimate of drug-likeness (QED) is 0.632. The third-order valence-corrected chi connectivity index (χ3v) is 1.85. The van der Waals surface area contributed by atoms with E-state index in [0.29, 0.717) is 18.8 Å². The second-order valence-corrected chi connectivity index (χ2v) is 3.13. The van der Waals surface area contributed by atoms with E-state index in [1.165, 1.54) is 6.08 Å². The lowest BCUT2D eigenvalue weighted by atomic mass is 10.2. The maximum absolute atomic E-state index is 11.8. The third-order valence-electron chi connectivity index (χ3n) is 1.85. The molecule has 0 fully saturated rings. The van der Waals surface area contributed by atoms with E-state index in [-0.39, 0.29) is 19.1 Å². The predicted molar refractivity (Wildman–Crippen MR) is 66.4 cm³/mol. The zero-order valence-electron chi connectivity index (χ0n) is 9.14. The molecular weight excluding hydrogens is 247 g/mol. The minimum Gasteiger partial charge on any atom is -0.493 e. The molecule has 94 valence electrons. The molecule has 0 unspecified atom stereocenters. The summed E-state index contributed by atoms with van der Waals surface area (Å²) in [7, 11) is 0. The lowest BCUT2D eigenvalue weighted by molar-refractivity contribution is -0.131. The van der Waals surface area contributed by atoms with Crippen LogP contribution in [0.15, 0.2) is 30.3 Å². The van der Waals surface area contributed by atoms with Crippen molar-refractivity contribution in [2.75, 3.05) is 13.3 Å². The van der Waals surface area contributed by atoms with Crippen LogP contribution in [0.1, 0.15) is 12.0 Å². The van der Waals surface area contributed by atoms with Gasteiger partial charge in [-0.1, -0.05) is 12.1 Å². The molecule has 0 aliphatic rings. The number of aliphatic carboxylic acids is 1. The molecule has 1 aromatic carbocycles. The van der Waals surface area contributed by atoms with E-state index in [4.69, 9.17) is 9.84 Å². The fourth-order valence-corrected chi connectivity index (χ4v) is 1.09. The van der Waals surface area contributed by atoms with Crippen LogP contribution in [0, 0.1) is 0 Å². The molecule has 3 nitrogen and oxygen atoms in total. The zero-order valence-corrected chi connectivity index (χ0v) is 9.95. The van der Waals surface area contributed by atoms with Gasteiger partial charge in [0.25, 0.3) is 0 Å². The molecular formula is C12H14ClFO3. The monoisotopic (exact) mass is 260 g/mol. The highest BCUT2D eigenvalue weighted by atomic mass is 35.5. The third kappa shape index (κ3) is 6.58. The van der Waals surface area contributed by atoms with Gasteiger partial charge in [0.1, 0.15) is 5.75 Å². The van der Waals surface area contributed by atoms with Crippen LogP contribution in [0.5, 0.6) is 5.75 Å². The van der Waals surface area contributed by atoms with Crippen molar-refractivity contribution < 1.29 is 19.0 Å². The summed E-state index contributed by atoms with van der Waals surface area (Å²) in [6, 6.07) is 6.92. The van der Waals surface area contributed by atoms with Crippen molar-refractivity contribution in [3.8, 4) is 5.75 Å². The number of carboxylic acid groups (broad SMARTS) is 1. The molecule has 0 bridgehead atoms. The van der Waals surface area contributed by atoms with Crippen LogP contribution in [-0.2, 0) is 4.79 Å². The predicted octanol–water partition coefficient (Wildman–Crippen LogP) is 2.94. The van der Waals surface area contributed by atoms with Crippen molar-refractivity contribution in [3.05, 3.63) is 35.9 Å². The summed E-state index contributed by atoms with van der Waals surface area (Å²) < 4.78 is 17.0. The van der Waals surface area contributed by atoms with Gasteiger partial charge in [0.2, 0.25) is 0 Å². The molecule has 17 heavy (non-hydrogen) atoms. The Labute approximate surface area is 105 Å². The molecule has 0 aliphatic carbocycles. The van der Waals surface area contributed by atoms with Crippen LogP contribution in [0.3, 0.4) is 0 Å². The van der Waals surface area contributed by atoms with E-state index in [2.05, 4.69) is 0 Å². The highest BCUT2D eigenvalue weighted by Gasteiger charge is 1.94. The minimum absolute atomic E-state index is 0. The number of hydrogen-bond donors (Lipinski definition) is 1. The summed E-state index contributed by atoms with van der Waals surface area (Å²) in [5.74, 6) is -0.329.